The number of nitrogens with one attached hydrogen (secondary N) is 1. The van der Waals surface area contributed by atoms with Crippen LogP contribution in [-0.2, 0) is 4.79 Å². The molecule has 0 aromatic heterocycles. The Labute approximate surface area is 95.2 Å². The molecule has 6 heteroatoms. The van der Waals surface area contributed by atoms with Crippen LogP contribution in [0.15, 0.2) is 18.2 Å². The van der Waals surface area contributed by atoms with Crippen molar-refractivity contribution in [3.63, 3.8) is 0 Å². The van der Waals surface area contributed by atoms with Gasteiger partial charge in [-0.15, -0.1) is 11.6 Å². The number of hydrogen-bond acceptors (Lipinski definition) is 1. The second kappa shape index (κ2) is 5.28. The van der Waals surface area contributed by atoms with Gasteiger partial charge in [-0.2, -0.15) is 0 Å². The zero-order valence-corrected chi connectivity index (χ0v) is 8.95. The van der Waals surface area contributed by atoms with E-state index in [9.17, 15) is 13.6 Å². The summed E-state index contributed by atoms with van der Waals surface area (Å²) in [4.78, 5) is 10.9. The number of amides is 1. The van der Waals surface area contributed by atoms with E-state index >= 15 is 0 Å². The number of alkyl halides is 3. The standard InChI is InChI=1S/C9H7Cl2F2NO/c10-4-8(15)14-5-1-2-7(11)6(3-5)9(12)13/h1-3,9H,4H2,(H,14,15). The van der Waals surface area contributed by atoms with E-state index in [0.717, 1.165) is 6.07 Å². The quantitative estimate of drug-likeness (QED) is 0.822. The summed E-state index contributed by atoms with van der Waals surface area (Å²) >= 11 is 10.8. The first-order valence-electron chi connectivity index (χ1n) is 3.98. The molecule has 15 heavy (non-hydrogen) atoms. The van der Waals surface area contributed by atoms with Crippen LogP contribution in [0.3, 0.4) is 0 Å². The highest BCUT2D eigenvalue weighted by Gasteiger charge is 2.13. The Morgan fingerprint density at radius 2 is 2.13 bits per heavy atom. The van der Waals surface area contributed by atoms with E-state index in [2.05, 4.69) is 5.32 Å². The first-order chi connectivity index (χ1) is 7.04. The lowest BCUT2D eigenvalue weighted by Crippen LogP contribution is -2.12. The summed E-state index contributed by atoms with van der Waals surface area (Å²) in [5.74, 6) is -0.689. The lowest BCUT2D eigenvalue weighted by molar-refractivity contribution is -0.113. The number of carbonyl (C=O) groups excluding carboxylic acids is 1. The Morgan fingerprint density at radius 3 is 2.67 bits per heavy atom. The van der Waals surface area contributed by atoms with Crippen LogP contribution in [0.2, 0.25) is 5.02 Å². The lowest BCUT2D eigenvalue weighted by Gasteiger charge is -2.07. The highest BCUT2D eigenvalue weighted by Crippen LogP contribution is 2.29. The molecule has 0 heterocycles. The van der Waals surface area contributed by atoms with Gasteiger partial charge in [-0.1, -0.05) is 11.6 Å². The van der Waals surface area contributed by atoms with Crippen molar-refractivity contribution in [2.24, 2.45) is 0 Å². The van der Waals surface area contributed by atoms with E-state index in [1.807, 2.05) is 0 Å². The third kappa shape index (κ3) is 3.32. The van der Waals surface area contributed by atoms with Crippen molar-refractivity contribution in [3.05, 3.63) is 28.8 Å². The van der Waals surface area contributed by atoms with E-state index in [4.69, 9.17) is 23.2 Å². The zero-order chi connectivity index (χ0) is 11.4. The minimum absolute atomic E-state index is 0.0335. The molecule has 0 aliphatic rings. The van der Waals surface area contributed by atoms with Crippen molar-refractivity contribution < 1.29 is 13.6 Å². The zero-order valence-electron chi connectivity index (χ0n) is 7.44. The third-order valence-electron chi connectivity index (χ3n) is 1.64. The maximum Gasteiger partial charge on any atom is 0.265 e. The van der Waals surface area contributed by atoms with Crippen molar-refractivity contribution in [2.75, 3.05) is 11.2 Å². The number of benzene rings is 1. The van der Waals surface area contributed by atoms with Gasteiger partial charge in [-0.05, 0) is 18.2 Å². The predicted octanol–water partition coefficient (Wildman–Crippen LogP) is 3.45. The number of anilines is 1. The Hall–Kier alpha value is -0.870. The topological polar surface area (TPSA) is 29.1 Å². The van der Waals surface area contributed by atoms with Gasteiger partial charge in [0.25, 0.3) is 6.43 Å². The molecule has 0 aliphatic heterocycles. The van der Waals surface area contributed by atoms with E-state index < -0.39 is 12.3 Å². The van der Waals surface area contributed by atoms with Crippen LogP contribution in [0.5, 0.6) is 0 Å². The minimum Gasteiger partial charge on any atom is -0.325 e. The summed E-state index contributed by atoms with van der Waals surface area (Å²) in [6, 6.07) is 3.85. The van der Waals surface area contributed by atoms with Crippen molar-refractivity contribution in [1.82, 2.24) is 0 Å². The van der Waals surface area contributed by atoms with Crippen molar-refractivity contribution in [3.8, 4) is 0 Å². The maximum atomic E-state index is 12.4. The van der Waals surface area contributed by atoms with E-state index in [-0.39, 0.29) is 22.2 Å². The smallest absolute Gasteiger partial charge is 0.265 e. The highest BCUT2D eigenvalue weighted by atomic mass is 35.5. The van der Waals surface area contributed by atoms with Gasteiger partial charge in [0.1, 0.15) is 5.88 Å². The minimum atomic E-state index is -2.68. The summed E-state index contributed by atoms with van der Waals surface area (Å²) < 4.78 is 24.8. The van der Waals surface area contributed by atoms with Crippen molar-refractivity contribution >= 4 is 34.8 Å². The fourth-order valence-corrected chi connectivity index (χ4v) is 1.25. The first-order valence-corrected chi connectivity index (χ1v) is 4.89. The fourth-order valence-electron chi connectivity index (χ4n) is 0.983. The van der Waals surface area contributed by atoms with Gasteiger partial charge < -0.3 is 5.32 Å². The molecule has 0 fully saturated rings. The second-order valence-electron chi connectivity index (χ2n) is 2.72. The van der Waals surface area contributed by atoms with Crippen LogP contribution >= 0.6 is 23.2 Å². The number of rotatable bonds is 3. The highest BCUT2D eigenvalue weighted by molar-refractivity contribution is 6.31. The Bertz CT molecular complexity index is 371. The van der Waals surface area contributed by atoms with Crippen LogP contribution in [0.1, 0.15) is 12.0 Å². The van der Waals surface area contributed by atoms with Crippen LogP contribution < -0.4 is 5.32 Å². The average Bonchev–Trinajstić information content (AvgIpc) is 2.20. The van der Waals surface area contributed by atoms with Gasteiger partial charge in [0.2, 0.25) is 5.91 Å². The molecular weight excluding hydrogens is 247 g/mol. The molecule has 0 bridgehead atoms. The summed E-state index contributed by atoms with van der Waals surface area (Å²) in [6.45, 7) is 0. The van der Waals surface area contributed by atoms with Crippen molar-refractivity contribution in [2.45, 2.75) is 6.43 Å². The molecule has 1 aromatic carbocycles. The Kier molecular flexibility index (Phi) is 4.29. The van der Waals surface area contributed by atoms with Crippen LogP contribution in [0, 0.1) is 0 Å². The van der Waals surface area contributed by atoms with Crippen LogP contribution in [0.4, 0.5) is 14.5 Å². The van der Waals surface area contributed by atoms with E-state index in [1.165, 1.54) is 12.1 Å². The van der Waals surface area contributed by atoms with Crippen LogP contribution in [0.25, 0.3) is 0 Å². The molecular formula is C9H7Cl2F2NO. The first kappa shape index (κ1) is 12.2. The molecule has 82 valence electrons. The maximum absolute atomic E-state index is 12.4. The molecule has 0 saturated carbocycles. The molecule has 1 aromatic rings. The molecule has 1 rings (SSSR count). The Balaban J connectivity index is 2.92. The summed E-state index contributed by atoms with van der Waals surface area (Å²) in [7, 11) is 0. The average molecular weight is 254 g/mol. The van der Waals surface area contributed by atoms with Gasteiger partial charge in [0, 0.05) is 16.3 Å². The number of carbonyl (C=O) groups is 1. The summed E-state index contributed by atoms with van der Waals surface area (Å²) in [5, 5.41) is 2.32. The molecule has 0 aliphatic carbocycles. The lowest BCUT2D eigenvalue weighted by atomic mass is 10.2. The third-order valence-corrected chi connectivity index (χ3v) is 2.22. The second-order valence-corrected chi connectivity index (χ2v) is 3.39. The molecule has 1 amide bonds. The number of halogens is 4. The largest absolute Gasteiger partial charge is 0.325 e. The predicted molar refractivity (Wildman–Crippen MR) is 55.8 cm³/mol. The normalized spacial score (nSPS) is 10.5. The van der Waals surface area contributed by atoms with Crippen molar-refractivity contribution in [1.29, 1.82) is 0 Å². The SMILES string of the molecule is O=C(CCl)Nc1ccc(Cl)c(C(F)F)c1. The molecule has 1 N–H and O–H groups in total. The molecule has 0 unspecified atom stereocenters. The van der Waals surface area contributed by atoms with Gasteiger partial charge in [0.15, 0.2) is 0 Å². The van der Waals surface area contributed by atoms with Crippen LogP contribution in [-0.4, -0.2) is 11.8 Å². The van der Waals surface area contributed by atoms with Gasteiger partial charge in [0.05, 0.1) is 0 Å². The molecule has 0 spiro atoms. The molecule has 2 nitrogen and oxygen atoms in total. The van der Waals surface area contributed by atoms with E-state index in [0.29, 0.717) is 0 Å². The molecule has 0 saturated heterocycles. The van der Waals surface area contributed by atoms with Gasteiger partial charge >= 0.3 is 0 Å². The molecule has 0 atom stereocenters. The summed E-state index contributed by atoms with van der Waals surface area (Å²) in [6.07, 6.45) is -2.68. The number of hydrogen-bond donors (Lipinski definition) is 1. The summed E-state index contributed by atoms with van der Waals surface area (Å²) in [5.41, 5.74) is -0.0654. The Morgan fingerprint density at radius 1 is 1.47 bits per heavy atom. The monoisotopic (exact) mass is 253 g/mol. The van der Waals surface area contributed by atoms with Gasteiger partial charge in [-0.25, -0.2) is 8.78 Å². The molecule has 0 radical (unpaired) electrons. The van der Waals surface area contributed by atoms with E-state index in [1.54, 1.807) is 0 Å². The van der Waals surface area contributed by atoms with Gasteiger partial charge in [-0.3, -0.25) is 4.79 Å². The fraction of sp³-hybridized carbons (Fsp3) is 0.222.